The van der Waals surface area contributed by atoms with Crippen LogP contribution >= 0.6 is 0 Å². The minimum atomic E-state index is -3.75. The third kappa shape index (κ3) is 4.55. The van der Waals surface area contributed by atoms with E-state index in [1.165, 1.54) is 16.8 Å². The van der Waals surface area contributed by atoms with Crippen LogP contribution in [-0.4, -0.2) is 26.9 Å². The van der Waals surface area contributed by atoms with Gasteiger partial charge in [0.25, 0.3) is 15.9 Å². The molecule has 0 spiro atoms. The molecule has 1 aliphatic carbocycles. The van der Waals surface area contributed by atoms with E-state index in [2.05, 4.69) is 12.2 Å². The lowest BCUT2D eigenvalue weighted by Crippen LogP contribution is -2.38. The van der Waals surface area contributed by atoms with E-state index in [1.54, 1.807) is 37.3 Å². The van der Waals surface area contributed by atoms with E-state index in [9.17, 15) is 13.2 Å². The summed E-state index contributed by atoms with van der Waals surface area (Å²) in [6.07, 6.45) is 4.27. The van der Waals surface area contributed by atoms with Gasteiger partial charge < -0.3 is 5.32 Å². The number of sulfonamides is 1. The van der Waals surface area contributed by atoms with Gasteiger partial charge in [0.1, 0.15) is 0 Å². The lowest BCUT2D eigenvalue weighted by molar-refractivity contribution is 0.0921. The fourth-order valence-corrected chi connectivity index (χ4v) is 5.36. The zero-order valence-corrected chi connectivity index (χ0v) is 17.3. The van der Waals surface area contributed by atoms with Gasteiger partial charge in [-0.1, -0.05) is 44.0 Å². The number of anilines is 1. The summed E-state index contributed by atoms with van der Waals surface area (Å²) in [6.45, 7) is 4.31. The molecule has 2 aromatic rings. The van der Waals surface area contributed by atoms with Crippen molar-refractivity contribution in [2.24, 2.45) is 5.92 Å². The average Bonchev–Trinajstić information content (AvgIpc) is 2.69. The van der Waals surface area contributed by atoms with Gasteiger partial charge in [0.05, 0.1) is 10.6 Å². The number of para-hydroxylation sites is 1. The number of benzene rings is 2. The first-order valence-electron chi connectivity index (χ1n) is 9.90. The van der Waals surface area contributed by atoms with Crippen molar-refractivity contribution < 1.29 is 13.2 Å². The normalized spacial score (nSPS) is 19.8. The molecule has 1 N–H and O–H groups in total. The molecule has 0 heterocycles. The number of carbonyl (C=O) groups is 1. The van der Waals surface area contributed by atoms with Crippen LogP contribution in [0.15, 0.2) is 59.5 Å². The van der Waals surface area contributed by atoms with Crippen LogP contribution in [-0.2, 0) is 10.0 Å². The van der Waals surface area contributed by atoms with Crippen molar-refractivity contribution in [1.82, 2.24) is 5.32 Å². The van der Waals surface area contributed by atoms with Gasteiger partial charge in [-0.25, -0.2) is 8.42 Å². The monoisotopic (exact) mass is 400 g/mol. The predicted octanol–water partition coefficient (Wildman–Crippen LogP) is 4.21. The Balaban J connectivity index is 1.82. The summed E-state index contributed by atoms with van der Waals surface area (Å²) in [5.41, 5.74) is 0.986. The Morgan fingerprint density at radius 1 is 1.11 bits per heavy atom. The number of rotatable bonds is 6. The Hall–Kier alpha value is -2.34. The Bertz CT molecular complexity index is 912. The van der Waals surface area contributed by atoms with Crippen LogP contribution in [0, 0.1) is 5.92 Å². The molecule has 0 aliphatic heterocycles. The lowest BCUT2D eigenvalue weighted by atomic mass is 9.87. The summed E-state index contributed by atoms with van der Waals surface area (Å²) >= 11 is 0. The molecule has 1 aliphatic rings. The van der Waals surface area contributed by atoms with E-state index in [0.29, 0.717) is 23.7 Å². The van der Waals surface area contributed by atoms with Crippen LogP contribution in [0.5, 0.6) is 0 Å². The second kappa shape index (κ2) is 8.78. The highest BCUT2D eigenvalue weighted by Gasteiger charge is 2.25. The minimum Gasteiger partial charge on any atom is -0.349 e. The smallest absolute Gasteiger partial charge is 0.264 e. The summed E-state index contributed by atoms with van der Waals surface area (Å²) in [6, 6.07) is 15.5. The summed E-state index contributed by atoms with van der Waals surface area (Å²) in [5.74, 6) is 0.397. The number of nitrogens with zero attached hydrogens (tertiary/aromatic N) is 1. The van der Waals surface area contributed by atoms with Gasteiger partial charge in [0.15, 0.2) is 0 Å². The van der Waals surface area contributed by atoms with Crippen molar-refractivity contribution in [2.45, 2.75) is 50.5 Å². The van der Waals surface area contributed by atoms with Crippen LogP contribution in [0.2, 0.25) is 0 Å². The molecule has 1 fully saturated rings. The first-order valence-corrected chi connectivity index (χ1v) is 11.3. The van der Waals surface area contributed by atoms with Crippen molar-refractivity contribution in [3.8, 4) is 0 Å². The molecule has 5 nitrogen and oxygen atoms in total. The molecular weight excluding hydrogens is 372 g/mol. The first kappa shape index (κ1) is 20.4. The molecule has 2 atom stereocenters. The van der Waals surface area contributed by atoms with Crippen molar-refractivity contribution in [2.75, 3.05) is 10.8 Å². The molecule has 28 heavy (non-hydrogen) atoms. The van der Waals surface area contributed by atoms with E-state index < -0.39 is 10.0 Å². The zero-order chi connectivity index (χ0) is 20.1. The topological polar surface area (TPSA) is 66.5 Å². The van der Waals surface area contributed by atoms with Crippen LogP contribution < -0.4 is 9.62 Å². The van der Waals surface area contributed by atoms with E-state index in [0.717, 1.165) is 19.3 Å². The average molecular weight is 401 g/mol. The molecule has 0 radical (unpaired) electrons. The van der Waals surface area contributed by atoms with Crippen molar-refractivity contribution in [1.29, 1.82) is 0 Å². The van der Waals surface area contributed by atoms with Gasteiger partial charge >= 0.3 is 0 Å². The number of nitrogens with one attached hydrogen (secondary N) is 1. The van der Waals surface area contributed by atoms with Crippen LogP contribution in [0.3, 0.4) is 0 Å². The molecule has 150 valence electrons. The van der Waals surface area contributed by atoms with Gasteiger partial charge in [0.2, 0.25) is 0 Å². The molecule has 0 saturated heterocycles. The third-order valence-electron chi connectivity index (χ3n) is 5.29. The maximum absolute atomic E-state index is 13.2. The van der Waals surface area contributed by atoms with Crippen molar-refractivity contribution in [3.05, 3.63) is 60.2 Å². The summed E-state index contributed by atoms with van der Waals surface area (Å²) in [5, 5.41) is 3.07. The fraction of sp³-hybridized carbons (Fsp3) is 0.409. The largest absolute Gasteiger partial charge is 0.349 e. The van der Waals surface area contributed by atoms with Gasteiger partial charge in [-0.3, -0.25) is 9.10 Å². The van der Waals surface area contributed by atoms with Crippen molar-refractivity contribution >= 4 is 21.6 Å². The van der Waals surface area contributed by atoms with Crippen LogP contribution in [0.25, 0.3) is 0 Å². The molecule has 2 aromatic carbocycles. The highest BCUT2D eigenvalue weighted by Crippen LogP contribution is 2.25. The van der Waals surface area contributed by atoms with Crippen molar-refractivity contribution in [3.63, 3.8) is 0 Å². The summed E-state index contributed by atoms with van der Waals surface area (Å²) < 4.78 is 27.7. The SMILES string of the molecule is CCN(c1ccccc1)S(=O)(=O)c1cccc(C(=O)NC2CCCC(C)C2)c1. The Morgan fingerprint density at radius 2 is 1.86 bits per heavy atom. The highest BCUT2D eigenvalue weighted by atomic mass is 32.2. The molecule has 0 bridgehead atoms. The molecule has 0 aromatic heterocycles. The maximum Gasteiger partial charge on any atom is 0.264 e. The van der Waals surface area contributed by atoms with E-state index in [1.807, 2.05) is 18.2 Å². The number of hydrogen-bond donors (Lipinski definition) is 1. The summed E-state index contributed by atoms with van der Waals surface area (Å²) in [4.78, 5) is 12.8. The second-order valence-corrected chi connectivity index (χ2v) is 9.34. The first-order chi connectivity index (χ1) is 13.4. The summed E-state index contributed by atoms with van der Waals surface area (Å²) in [7, 11) is -3.75. The predicted molar refractivity (Wildman–Crippen MR) is 112 cm³/mol. The molecular formula is C22H28N2O3S. The van der Waals surface area contributed by atoms with Gasteiger partial charge in [-0.15, -0.1) is 0 Å². The molecule has 1 saturated carbocycles. The quantitative estimate of drug-likeness (QED) is 0.790. The molecule has 1 amide bonds. The van der Waals surface area contributed by atoms with E-state index in [-0.39, 0.29) is 16.8 Å². The number of amides is 1. The van der Waals surface area contributed by atoms with E-state index >= 15 is 0 Å². The van der Waals surface area contributed by atoms with Gasteiger partial charge in [-0.05, 0) is 56.0 Å². The lowest BCUT2D eigenvalue weighted by Gasteiger charge is -2.27. The van der Waals surface area contributed by atoms with Gasteiger partial charge in [0, 0.05) is 18.2 Å². The molecule has 3 rings (SSSR count). The fourth-order valence-electron chi connectivity index (χ4n) is 3.84. The Labute approximate surface area is 167 Å². The van der Waals surface area contributed by atoms with E-state index in [4.69, 9.17) is 0 Å². The standard InChI is InChI=1S/C22H28N2O3S/c1-3-24(20-12-5-4-6-13-20)28(26,27)21-14-8-10-18(16-21)22(25)23-19-11-7-9-17(2)15-19/h4-6,8,10,12-14,16-17,19H,3,7,9,11,15H2,1-2H3,(H,23,25). The third-order valence-corrected chi connectivity index (χ3v) is 7.19. The van der Waals surface area contributed by atoms with Crippen LogP contribution in [0.1, 0.15) is 49.9 Å². The van der Waals surface area contributed by atoms with Crippen LogP contribution in [0.4, 0.5) is 5.69 Å². The second-order valence-electron chi connectivity index (χ2n) is 7.48. The molecule has 2 unspecified atom stereocenters. The van der Waals surface area contributed by atoms with Gasteiger partial charge in [-0.2, -0.15) is 0 Å². The maximum atomic E-state index is 13.2. The number of carbonyl (C=O) groups excluding carboxylic acids is 1. The Kier molecular flexibility index (Phi) is 6.39. The number of hydrogen-bond acceptors (Lipinski definition) is 3. The zero-order valence-electron chi connectivity index (χ0n) is 16.5. The highest BCUT2D eigenvalue weighted by molar-refractivity contribution is 7.92. The minimum absolute atomic E-state index is 0.128. The Morgan fingerprint density at radius 3 is 2.54 bits per heavy atom. The molecule has 6 heteroatoms.